The fourth-order valence-corrected chi connectivity index (χ4v) is 2.11. The highest BCUT2D eigenvalue weighted by Gasteiger charge is 2.15. The lowest BCUT2D eigenvalue weighted by atomic mass is 10.2. The highest BCUT2D eigenvalue weighted by molar-refractivity contribution is 9.11. The van der Waals surface area contributed by atoms with Crippen molar-refractivity contribution in [2.24, 2.45) is 5.73 Å². The number of methoxy groups -OCH3 is 1. The Kier molecular flexibility index (Phi) is 3.27. The molecule has 1 aromatic heterocycles. The number of ether oxygens (including phenoxy) is 1. The Labute approximate surface area is 91.7 Å². The molecule has 0 spiro atoms. The van der Waals surface area contributed by atoms with Gasteiger partial charge in [0.15, 0.2) is 0 Å². The SMILES string of the molecule is COc1nc(Br)cc(Br)c1C(N)=O. The van der Waals surface area contributed by atoms with Gasteiger partial charge in [0.2, 0.25) is 5.88 Å². The number of primary amides is 1. The van der Waals surface area contributed by atoms with Crippen LogP contribution in [0.1, 0.15) is 10.4 Å². The topological polar surface area (TPSA) is 65.2 Å². The average Bonchev–Trinajstić information content (AvgIpc) is 2.01. The van der Waals surface area contributed by atoms with E-state index in [1.165, 1.54) is 7.11 Å². The van der Waals surface area contributed by atoms with Gasteiger partial charge in [0.05, 0.1) is 7.11 Å². The molecule has 1 heterocycles. The largest absolute Gasteiger partial charge is 0.480 e. The molecule has 70 valence electrons. The molecule has 4 nitrogen and oxygen atoms in total. The summed E-state index contributed by atoms with van der Waals surface area (Å²) < 4.78 is 6.02. The van der Waals surface area contributed by atoms with Crippen LogP contribution in [0.25, 0.3) is 0 Å². The Bertz CT molecular complexity index is 355. The molecule has 6 heteroatoms. The number of rotatable bonds is 2. The highest BCUT2D eigenvalue weighted by atomic mass is 79.9. The molecule has 1 aromatic rings. The van der Waals surface area contributed by atoms with Crippen molar-refractivity contribution in [3.05, 3.63) is 20.7 Å². The van der Waals surface area contributed by atoms with E-state index in [-0.39, 0.29) is 11.4 Å². The average molecular weight is 310 g/mol. The van der Waals surface area contributed by atoms with Crippen molar-refractivity contribution in [3.63, 3.8) is 0 Å². The first kappa shape index (κ1) is 10.5. The Hall–Kier alpha value is -0.620. The fraction of sp³-hybridized carbons (Fsp3) is 0.143. The molecule has 0 unspecified atom stereocenters. The number of carbonyl (C=O) groups is 1. The number of amides is 1. The Morgan fingerprint density at radius 2 is 2.23 bits per heavy atom. The van der Waals surface area contributed by atoms with Gasteiger partial charge < -0.3 is 10.5 Å². The second-order valence-corrected chi connectivity index (χ2v) is 3.84. The molecule has 0 atom stereocenters. The van der Waals surface area contributed by atoms with Gasteiger partial charge in [-0.15, -0.1) is 0 Å². The zero-order valence-electron chi connectivity index (χ0n) is 6.67. The third kappa shape index (κ3) is 2.19. The molecule has 0 saturated heterocycles. The molecule has 13 heavy (non-hydrogen) atoms. The van der Waals surface area contributed by atoms with Crippen LogP contribution >= 0.6 is 31.9 Å². The van der Waals surface area contributed by atoms with Gasteiger partial charge in [0.1, 0.15) is 10.2 Å². The van der Waals surface area contributed by atoms with E-state index < -0.39 is 5.91 Å². The predicted octanol–water partition coefficient (Wildman–Crippen LogP) is 1.71. The van der Waals surface area contributed by atoms with Gasteiger partial charge in [0.25, 0.3) is 5.91 Å². The maximum absolute atomic E-state index is 11.0. The third-order valence-electron chi connectivity index (χ3n) is 1.35. The van der Waals surface area contributed by atoms with E-state index in [1.807, 2.05) is 0 Å². The van der Waals surface area contributed by atoms with Crippen molar-refractivity contribution < 1.29 is 9.53 Å². The van der Waals surface area contributed by atoms with Crippen LogP contribution in [0.15, 0.2) is 15.1 Å². The molecule has 1 rings (SSSR count). The normalized spacial score (nSPS) is 9.77. The van der Waals surface area contributed by atoms with Crippen molar-refractivity contribution >= 4 is 37.8 Å². The number of halogens is 2. The number of nitrogens with two attached hydrogens (primary N) is 1. The molecule has 0 aromatic carbocycles. The maximum atomic E-state index is 11.0. The Morgan fingerprint density at radius 1 is 1.62 bits per heavy atom. The zero-order valence-corrected chi connectivity index (χ0v) is 9.85. The highest BCUT2D eigenvalue weighted by Crippen LogP contribution is 2.27. The van der Waals surface area contributed by atoms with E-state index in [4.69, 9.17) is 10.5 Å². The molecule has 0 radical (unpaired) electrons. The molecule has 0 fully saturated rings. The van der Waals surface area contributed by atoms with E-state index >= 15 is 0 Å². The van der Waals surface area contributed by atoms with Gasteiger partial charge in [-0.25, -0.2) is 4.98 Å². The smallest absolute Gasteiger partial charge is 0.255 e. The number of hydrogen-bond acceptors (Lipinski definition) is 3. The second-order valence-electron chi connectivity index (χ2n) is 2.18. The van der Waals surface area contributed by atoms with Crippen LogP contribution in [-0.4, -0.2) is 18.0 Å². The Morgan fingerprint density at radius 3 is 2.69 bits per heavy atom. The minimum absolute atomic E-state index is 0.203. The van der Waals surface area contributed by atoms with Crippen LogP contribution < -0.4 is 10.5 Å². The third-order valence-corrected chi connectivity index (χ3v) is 2.38. The fourth-order valence-electron chi connectivity index (χ4n) is 0.835. The quantitative estimate of drug-likeness (QED) is 0.846. The van der Waals surface area contributed by atoms with E-state index in [0.717, 1.165) is 0 Å². The lowest BCUT2D eigenvalue weighted by Gasteiger charge is -2.06. The van der Waals surface area contributed by atoms with Crippen LogP contribution in [-0.2, 0) is 0 Å². The van der Waals surface area contributed by atoms with Gasteiger partial charge >= 0.3 is 0 Å². The maximum Gasteiger partial charge on any atom is 0.255 e. The Balaban J connectivity index is 3.38. The summed E-state index contributed by atoms with van der Waals surface area (Å²) in [4.78, 5) is 14.9. The summed E-state index contributed by atoms with van der Waals surface area (Å²) in [7, 11) is 1.42. The lowest BCUT2D eigenvalue weighted by molar-refractivity contribution is 0.0996. The first-order valence-corrected chi connectivity index (χ1v) is 4.84. The molecule has 0 aliphatic carbocycles. The monoisotopic (exact) mass is 308 g/mol. The molecule has 0 aliphatic heterocycles. The molecular formula is C7H6Br2N2O2. The number of carbonyl (C=O) groups excluding carboxylic acids is 1. The van der Waals surface area contributed by atoms with Gasteiger partial charge in [0, 0.05) is 4.47 Å². The molecule has 2 N–H and O–H groups in total. The number of pyridine rings is 1. The van der Waals surface area contributed by atoms with Crippen molar-refractivity contribution in [1.29, 1.82) is 0 Å². The summed E-state index contributed by atoms with van der Waals surface area (Å²) in [5.41, 5.74) is 5.38. The van der Waals surface area contributed by atoms with Gasteiger partial charge in [-0.3, -0.25) is 4.79 Å². The number of aromatic nitrogens is 1. The zero-order chi connectivity index (χ0) is 10.0. The molecule has 0 bridgehead atoms. The summed E-state index contributed by atoms with van der Waals surface area (Å²) in [5, 5.41) is 0. The van der Waals surface area contributed by atoms with Crippen molar-refractivity contribution in [1.82, 2.24) is 4.98 Å². The minimum Gasteiger partial charge on any atom is -0.480 e. The van der Waals surface area contributed by atoms with Crippen molar-refractivity contribution in [3.8, 4) is 5.88 Å². The summed E-state index contributed by atoms with van der Waals surface area (Å²) in [6.07, 6.45) is 0. The summed E-state index contributed by atoms with van der Waals surface area (Å²) >= 11 is 6.35. The molecule has 0 saturated carbocycles. The van der Waals surface area contributed by atoms with Crippen molar-refractivity contribution in [2.45, 2.75) is 0 Å². The second kappa shape index (κ2) is 4.06. The van der Waals surface area contributed by atoms with Crippen LogP contribution in [0.3, 0.4) is 0 Å². The first-order chi connectivity index (χ1) is 6.06. The standard InChI is InChI=1S/C7H6Br2N2O2/c1-13-7-5(6(10)12)3(8)2-4(9)11-7/h2H,1H3,(H2,10,12). The van der Waals surface area contributed by atoms with Gasteiger partial charge in [-0.1, -0.05) is 0 Å². The summed E-state index contributed by atoms with van der Waals surface area (Å²) in [5.74, 6) is -0.377. The number of nitrogens with zero attached hydrogens (tertiary/aromatic N) is 1. The van der Waals surface area contributed by atoms with E-state index in [0.29, 0.717) is 9.08 Å². The molecule has 0 aliphatic rings. The van der Waals surface area contributed by atoms with Crippen molar-refractivity contribution in [2.75, 3.05) is 7.11 Å². The van der Waals surface area contributed by atoms with Crippen LogP contribution in [0, 0.1) is 0 Å². The van der Waals surface area contributed by atoms with Crippen LogP contribution in [0.5, 0.6) is 5.88 Å². The summed E-state index contributed by atoms with van der Waals surface area (Å²) in [6.45, 7) is 0. The summed E-state index contributed by atoms with van der Waals surface area (Å²) in [6, 6.07) is 1.63. The molecular weight excluding hydrogens is 304 g/mol. The first-order valence-electron chi connectivity index (χ1n) is 3.26. The number of hydrogen-bond donors (Lipinski definition) is 1. The molecule has 1 amide bonds. The lowest BCUT2D eigenvalue weighted by Crippen LogP contribution is -2.14. The van der Waals surface area contributed by atoms with E-state index in [2.05, 4.69) is 36.8 Å². The minimum atomic E-state index is -0.580. The van der Waals surface area contributed by atoms with Gasteiger partial charge in [-0.2, -0.15) is 0 Å². The van der Waals surface area contributed by atoms with Crippen LogP contribution in [0.4, 0.5) is 0 Å². The van der Waals surface area contributed by atoms with E-state index in [1.54, 1.807) is 6.07 Å². The van der Waals surface area contributed by atoms with Gasteiger partial charge in [-0.05, 0) is 37.9 Å². The van der Waals surface area contributed by atoms with E-state index in [9.17, 15) is 4.79 Å². The predicted molar refractivity (Wildman–Crippen MR) is 54.7 cm³/mol. The van der Waals surface area contributed by atoms with Crippen LogP contribution in [0.2, 0.25) is 0 Å².